The first kappa shape index (κ1) is 14.4. The second-order valence-electron chi connectivity index (χ2n) is 4.52. The Morgan fingerprint density at radius 1 is 1.00 bits per heavy atom. The molecule has 0 amide bonds. The number of pyridine rings is 1. The standard InChI is InChI=1S/C16H11ClFN3O/c1-22-16-8-12(13(17)9-19-16)15-7-6-14(20-21-15)10-2-4-11(18)5-3-10/h2-9H,1H3. The highest BCUT2D eigenvalue weighted by Crippen LogP contribution is 2.29. The van der Waals surface area contributed by atoms with Crippen molar-refractivity contribution in [2.24, 2.45) is 0 Å². The molecule has 0 radical (unpaired) electrons. The fourth-order valence-electron chi connectivity index (χ4n) is 1.98. The molecule has 0 aliphatic carbocycles. The zero-order valence-electron chi connectivity index (χ0n) is 11.6. The highest BCUT2D eigenvalue weighted by molar-refractivity contribution is 6.33. The molecule has 0 unspecified atom stereocenters. The summed E-state index contributed by atoms with van der Waals surface area (Å²) in [6, 6.07) is 11.4. The van der Waals surface area contributed by atoms with Crippen molar-refractivity contribution in [3.8, 4) is 28.4 Å². The van der Waals surface area contributed by atoms with E-state index in [1.165, 1.54) is 25.4 Å². The van der Waals surface area contributed by atoms with Gasteiger partial charge in [-0.3, -0.25) is 0 Å². The van der Waals surface area contributed by atoms with E-state index in [-0.39, 0.29) is 5.82 Å². The third-order valence-corrected chi connectivity index (χ3v) is 3.42. The molecular weight excluding hydrogens is 305 g/mol. The van der Waals surface area contributed by atoms with Gasteiger partial charge < -0.3 is 4.74 Å². The Balaban J connectivity index is 1.96. The maximum Gasteiger partial charge on any atom is 0.213 e. The van der Waals surface area contributed by atoms with Crippen LogP contribution in [0, 0.1) is 5.82 Å². The van der Waals surface area contributed by atoms with E-state index in [4.69, 9.17) is 16.3 Å². The first-order valence-corrected chi connectivity index (χ1v) is 6.85. The number of halogens is 2. The fourth-order valence-corrected chi connectivity index (χ4v) is 2.18. The highest BCUT2D eigenvalue weighted by Gasteiger charge is 2.09. The molecule has 0 aliphatic rings. The average Bonchev–Trinajstić information content (AvgIpc) is 2.56. The molecule has 2 aromatic heterocycles. The van der Waals surface area contributed by atoms with Crippen molar-refractivity contribution < 1.29 is 9.13 Å². The number of benzene rings is 1. The molecule has 3 aromatic rings. The van der Waals surface area contributed by atoms with Crippen LogP contribution in [0.5, 0.6) is 5.88 Å². The van der Waals surface area contributed by atoms with Crippen LogP contribution in [0.2, 0.25) is 5.02 Å². The number of ether oxygens (including phenoxy) is 1. The molecular formula is C16H11ClFN3O. The lowest BCUT2D eigenvalue weighted by Crippen LogP contribution is -1.94. The summed E-state index contributed by atoms with van der Waals surface area (Å²) in [6.45, 7) is 0. The Morgan fingerprint density at radius 3 is 2.32 bits per heavy atom. The highest BCUT2D eigenvalue weighted by atomic mass is 35.5. The molecule has 0 saturated carbocycles. The van der Waals surface area contributed by atoms with Crippen molar-refractivity contribution >= 4 is 11.6 Å². The summed E-state index contributed by atoms with van der Waals surface area (Å²) >= 11 is 6.13. The van der Waals surface area contributed by atoms with E-state index >= 15 is 0 Å². The van der Waals surface area contributed by atoms with Gasteiger partial charge in [-0.1, -0.05) is 11.6 Å². The van der Waals surface area contributed by atoms with Gasteiger partial charge in [-0.05, 0) is 36.4 Å². The van der Waals surface area contributed by atoms with Crippen LogP contribution in [0.25, 0.3) is 22.5 Å². The summed E-state index contributed by atoms with van der Waals surface area (Å²) in [6.07, 6.45) is 1.51. The van der Waals surface area contributed by atoms with Crippen molar-refractivity contribution in [2.75, 3.05) is 7.11 Å². The van der Waals surface area contributed by atoms with Crippen LogP contribution in [0.15, 0.2) is 48.7 Å². The van der Waals surface area contributed by atoms with Gasteiger partial charge >= 0.3 is 0 Å². The van der Waals surface area contributed by atoms with Gasteiger partial charge in [0.2, 0.25) is 5.88 Å². The quantitative estimate of drug-likeness (QED) is 0.733. The van der Waals surface area contributed by atoms with E-state index in [0.29, 0.717) is 27.9 Å². The molecule has 0 aliphatic heterocycles. The molecule has 1 aromatic carbocycles. The molecule has 0 spiro atoms. The zero-order chi connectivity index (χ0) is 15.5. The first-order valence-electron chi connectivity index (χ1n) is 6.47. The maximum atomic E-state index is 12.9. The Labute approximate surface area is 131 Å². The molecule has 0 N–H and O–H groups in total. The van der Waals surface area contributed by atoms with Gasteiger partial charge in [0.1, 0.15) is 5.82 Å². The van der Waals surface area contributed by atoms with Crippen molar-refractivity contribution in [3.63, 3.8) is 0 Å². The smallest absolute Gasteiger partial charge is 0.213 e. The van der Waals surface area contributed by atoms with Crippen LogP contribution >= 0.6 is 11.6 Å². The van der Waals surface area contributed by atoms with E-state index in [1.54, 1.807) is 30.3 Å². The molecule has 0 atom stereocenters. The Hall–Kier alpha value is -2.53. The molecule has 22 heavy (non-hydrogen) atoms. The van der Waals surface area contributed by atoms with Crippen LogP contribution in [0.1, 0.15) is 0 Å². The maximum absolute atomic E-state index is 12.9. The predicted octanol–water partition coefficient (Wildman–Crippen LogP) is 4.01. The fraction of sp³-hybridized carbons (Fsp3) is 0.0625. The predicted molar refractivity (Wildman–Crippen MR) is 82.2 cm³/mol. The lowest BCUT2D eigenvalue weighted by Gasteiger charge is -2.06. The largest absolute Gasteiger partial charge is 0.481 e. The molecule has 4 nitrogen and oxygen atoms in total. The van der Waals surface area contributed by atoms with Crippen LogP contribution < -0.4 is 4.74 Å². The first-order chi connectivity index (χ1) is 10.7. The van der Waals surface area contributed by atoms with Gasteiger partial charge in [-0.15, -0.1) is 10.2 Å². The minimum atomic E-state index is -0.288. The van der Waals surface area contributed by atoms with Crippen molar-refractivity contribution in [2.45, 2.75) is 0 Å². The second-order valence-corrected chi connectivity index (χ2v) is 4.92. The molecule has 0 saturated heterocycles. The summed E-state index contributed by atoms with van der Waals surface area (Å²) in [5, 5.41) is 8.79. The summed E-state index contributed by atoms with van der Waals surface area (Å²) in [7, 11) is 1.53. The SMILES string of the molecule is COc1cc(-c2ccc(-c3ccc(F)cc3)nn2)c(Cl)cn1. The van der Waals surface area contributed by atoms with Crippen molar-refractivity contribution in [1.29, 1.82) is 0 Å². The van der Waals surface area contributed by atoms with Gasteiger partial charge in [-0.2, -0.15) is 0 Å². The molecule has 0 bridgehead atoms. The third-order valence-electron chi connectivity index (χ3n) is 3.12. The summed E-state index contributed by atoms with van der Waals surface area (Å²) in [4.78, 5) is 4.02. The van der Waals surface area contributed by atoms with Gasteiger partial charge in [0.05, 0.1) is 29.7 Å². The minimum Gasteiger partial charge on any atom is -0.481 e. The van der Waals surface area contributed by atoms with E-state index in [2.05, 4.69) is 15.2 Å². The van der Waals surface area contributed by atoms with E-state index in [0.717, 1.165) is 5.56 Å². The molecule has 0 fully saturated rings. The molecule has 110 valence electrons. The van der Waals surface area contributed by atoms with Crippen LogP contribution in [0.4, 0.5) is 4.39 Å². The summed E-state index contributed by atoms with van der Waals surface area (Å²) < 4.78 is 18.0. The van der Waals surface area contributed by atoms with Gasteiger partial charge in [0, 0.05) is 17.2 Å². The average molecular weight is 316 g/mol. The molecule has 6 heteroatoms. The van der Waals surface area contributed by atoms with Crippen LogP contribution in [-0.4, -0.2) is 22.3 Å². The molecule has 2 heterocycles. The van der Waals surface area contributed by atoms with Crippen LogP contribution in [-0.2, 0) is 0 Å². The number of aromatic nitrogens is 3. The Morgan fingerprint density at radius 2 is 1.68 bits per heavy atom. The van der Waals surface area contributed by atoms with Gasteiger partial charge in [-0.25, -0.2) is 9.37 Å². The normalized spacial score (nSPS) is 10.5. The Kier molecular flexibility index (Phi) is 3.98. The second kappa shape index (κ2) is 6.07. The van der Waals surface area contributed by atoms with E-state index in [9.17, 15) is 4.39 Å². The summed E-state index contributed by atoms with van der Waals surface area (Å²) in [5.41, 5.74) is 2.74. The number of methoxy groups -OCH3 is 1. The number of rotatable bonds is 3. The van der Waals surface area contributed by atoms with E-state index in [1.807, 2.05) is 0 Å². The monoisotopic (exact) mass is 315 g/mol. The lowest BCUT2D eigenvalue weighted by atomic mass is 10.1. The third kappa shape index (κ3) is 2.89. The van der Waals surface area contributed by atoms with Gasteiger partial charge in [0.15, 0.2) is 0 Å². The van der Waals surface area contributed by atoms with Crippen LogP contribution in [0.3, 0.4) is 0 Å². The van der Waals surface area contributed by atoms with Crippen molar-refractivity contribution in [1.82, 2.24) is 15.2 Å². The van der Waals surface area contributed by atoms with Crippen molar-refractivity contribution in [3.05, 3.63) is 59.5 Å². The lowest BCUT2D eigenvalue weighted by molar-refractivity contribution is 0.398. The van der Waals surface area contributed by atoms with E-state index < -0.39 is 0 Å². The minimum absolute atomic E-state index is 0.288. The topological polar surface area (TPSA) is 47.9 Å². The zero-order valence-corrected chi connectivity index (χ0v) is 12.4. The molecule has 3 rings (SSSR count). The number of nitrogens with zero attached hydrogens (tertiary/aromatic N) is 3. The van der Waals surface area contributed by atoms with Gasteiger partial charge in [0.25, 0.3) is 0 Å². The Bertz CT molecular complexity index is 791. The summed E-state index contributed by atoms with van der Waals surface area (Å²) in [5.74, 6) is 0.160. The number of hydrogen-bond acceptors (Lipinski definition) is 4. The number of hydrogen-bond donors (Lipinski definition) is 0.